The average molecular weight is 284 g/mol. The Labute approximate surface area is 121 Å². The smallest absolute Gasteiger partial charge is 0.317 e. The minimum absolute atomic E-state index is 0.0496. The molecule has 5 heteroatoms. The number of carboxylic acid groups (broad SMARTS) is 1. The van der Waals surface area contributed by atoms with Gasteiger partial charge in [0, 0.05) is 12.6 Å². The van der Waals surface area contributed by atoms with E-state index in [1.54, 1.807) is 4.90 Å². The molecule has 0 aromatic carbocycles. The number of nitrogens with one attached hydrogen (secondary N) is 1. The lowest BCUT2D eigenvalue weighted by atomic mass is 9.87. The quantitative estimate of drug-likeness (QED) is 0.747. The summed E-state index contributed by atoms with van der Waals surface area (Å²) in [6.45, 7) is 7.02. The molecule has 1 aliphatic rings. The molecule has 5 nitrogen and oxygen atoms in total. The van der Waals surface area contributed by atoms with Crippen molar-refractivity contribution in [3.63, 3.8) is 0 Å². The second-order valence-electron chi connectivity index (χ2n) is 6.48. The van der Waals surface area contributed by atoms with E-state index in [0.717, 1.165) is 31.6 Å². The minimum atomic E-state index is -0.884. The third-order valence-corrected chi connectivity index (χ3v) is 3.73. The molecule has 0 aromatic rings. The van der Waals surface area contributed by atoms with Crippen molar-refractivity contribution in [2.45, 2.75) is 52.5 Å². The first-order chi connectivity index (χ1) is 9.36. The van der Waals surface area contributed by atoms with E-state index in [1.165, 1.54) is 0 Å². The molecular formula is C15H28N2O3. The van der Waals surface area contributed by atoms with E-state index in [1.807, 2.05) is 13.8 Å². The fourth-order valence-corrected chi connectivity index (χ4v) is 2.77. The van der Waals surface area contributed by atoms with Crippen molar-refractivity contribution in [3.05, 3.63) is 0 Å². The van der Waals surface area contributed by atoms with Crippen LogP contribution in [0.3, 0.4) is 0 Å². The SMILES string of the molecule is CC(C)CN(CC(=O)O)CC(=O)NC1CCC(C)CC1. The van der Waals surface area contributed by atoms with Crippen LogP contribution in [0.5, 0.6) is 0 Å². The summed E-state index contributed by atoms with van der Waals surface area (Å²) in [7, 11) is 0. The van der Waals surface area contributed by atoms with Gasteiger partial charge >= 0.3 is 5.97 Å². The highest BCUT2D eigenvalue weighted by molar-refractivity contribution is 5.79. The van der Waals surface area contributed by atoms with Gasteiger partial charge in [0.25, 0.3) is 0 Å². The fourth-order valence-electron chi connectivity index (χ4n) is 2.77. The monoisotopic (exact) mass is 284 g/mol. The van der Waals surface area contributed by atoms with Gasteiger partial charge in [0.05, 0.1) is 13.1 Å². The number of carboxylic acids is 1. The van der Waals surface area contributed by atoms with Crippen LogP contribution in [-0.4, -0.2) is 47.6 Å². The van der Waals surface area contributed by atoms with Gasteiger partial charge in [0.1, 0.15) is 0 Å². The molecule has 1 aliphatic carbocycles. The Bertz CT molecular complexity index is 323. The molecule has 1 saturated carbocycles. The number of rotatable bonds is 7. The Morgan fingerprint density at radius 1 is 1.20 bits per heavy atom. The summed E-state index contributed by atoms with van der Waals surface area (Å²) >= 11 is 0. The van der Waals surface area contributed by atoms with Gasteiger partial charge in [-0.15, -0.1) is 0 Å². The van der Waals surface area contributed by atoms with Crippen LogP contribution in [0.1, 0.15) is 46.5 Å². The molecule has 1 fully saturated rings. The summed E-state index contributed by atoms with van der Waals surface area (Å²) in [5, 5.41) is 11.9. The maximum Gasteiger partial charge on any atom is 0.317 e. The van der Waals surface area contributed by atoms with Gasteiger partial charge in [-0.05, 0) is 37.5 Å². The molecule has 0 radical (unpaired) electrons. The first-order valence-electron chi connectivity index (χ1n) is 7.60. The molecule has 116 valence electrons. The molecule has 0 saturated heterocycles. The fraction of sp³-hybridized carbons (Fsp3) is 0.867. The summed E-state index contributed by atoms with van der Waals surface area (Å²) in [5.41, 5.74) is 0. The Balaban J connectivity index is 2.38. The predicted octanol–water partition coefficient (Wildman–Crippen LogP) is 1.72. The number of carbonyl (C=O) groups excluding carboxylic acids is 1. The summed E-state index contributed by atoms with van der Waals surface area (Å²) < 4.78 is 0. The number of nitrogens with zero attached hydrogens (tertiary/aromatic N) is 1. The number of hydrogen-bond acceptors (Lipinski definition) is 3. The lowest BCUT2D eigenvalue weighted by Crippen LogP contribution is -2.45. The summed E-state index contributed by atoms with van der Waals surface area (Å²) in [4.78, 5) is 24.5. The van der Waals surface area contributed by atoms with Crippen LogP contribution in [0.25, 0.3) is 0 Å². The van der Waals surface area contributed by atoms with Crippen molar-refractivity contribution in [1.29, 1.82) is 0 Å². The second-order valence-corrected chi connectivity index (χ2v) is 6.48. The zero-order valence-electron chi connectivity index (χ0n) is 12.9. The Morgan fingerprint density at radius 2 is 1.80 bits per heavy atom. The summed E-state index contributed by atoms with van der Waals surface area (Å²) in [5.74, 6) is 0.168. The van der Waals surface area contributed by atoms with Crippen LogP contribution in [0.2, 0.25) is 0 Å². The molecular weight excluding hydrogens is 256 g/mol. The highest BCUT2D eigenvalue weighted by Crippen LogP contribution is 2.23. The predicted molar refractivity (Wildman–Crippen MR) is 78.5 cm³/mol. The molecule has 0 spiro atoms. The maximum atomic E-state index is 12.0. The number of amides is 1. The van der Waals surface area contributed by atoms with E-state index < -0.39 is 5.97 Å². The molecule has 1 rings (SSSR count). The first kappa shape index (κ1) is 17.0. The van der Waals surface area contributed by atoms with E-state index >= 15 is 0 Å². The molecule has 0 heterocycles. The summed E-state index contributed by atoms with van der Waals surface area (Å²) in [6.07, 6.45) is 4.40. The largest absolute Gasteiger partial charge is 0.480 e. The van der Waals surface area contributed by atoms with Gasteiger partial charge in [-0.1, -0.05) is 20.8 Å². The molecule has 1 amide bonds. The van der Waals surface area contributed by atoms with Crippen molar-refractivity contribution < 1.29 is 14.7 Å². The highest BCUT2D eigenvalue weighted by atomic mass is 16.4. The van der Waals surface area contributed by atoms with E-state index in [9.17, 15) is 9.59 Å². The van der Waals surface area contributed by atoms with Gasteiger partial charge in [0.2, 0.25) is 5.91 Å². The Hall–Kier alpha value is -1.10. The van der Waals surface area contributed by atoms with E-state index in [-0.39, 0.29) is 25.0 Å². The van der Waals surface area contributed by atoms with E-state index in [4.69, 9.17) is 5.11 Å². The molecule has 0 unspecified atom stereocenters. The van der Waals surface area contributed by atoms with Crippen molar-refractivity contribution >= 4 is 11.9 Å². The zero-order chi connectivity index (χ0) is 15.1. The molecule has 0 atom stereocenters. The molecule has 20 heavy (non-hydrogen) atoms. The van der Waals surface area contributed by atoms with Crippen LogP contribution < -0.4 is 5.32 Å². The van der Waals surface area contributed by atoms with E-state index in [0.29, 0.717) is 12.5 Å². The van der Waals surface area contributed by atoms with Crippen LogP contribution in [0.4, 0.5) is 0 Å². The normalized spacial score (nSPS) is 23.1. The molecule has 0 bridgehead atoms. The van der Waals surface area contributed by atoms with Gasteiger partial charge in [-0.3, -0.25) is 14.5 Å². The summed E-state index contributed by atoms with van der Waals surface area (Å²) in [6, 6.07) is 0.268. The van der Waals surface area contributed by atoms with Crippen molar-refractivity contribution in [1.82, 2.24) is 10.2 Å². The maximum absolute atomic E-state index is 12.0. The van der Waals surface area contributed by atoms with Gasteiger partial charge < -0.3 is 10.4 Å². The van der Waals surface area contributed by atoms with Crippen molar-refractivity contribution in [2.24, 2.45) is 11.8 Å². The third kappa shape index (κ3) is 6.89. The molecule has 2 N–H and O–H groups in total. The number of aliphatic carboxylic acids is 1. The minimum Gasteiger partial charge on any atom is -0.480 e. The Morgan fingerprint density at radius 3 is 2.30 bits per heavy atom. The zero-order valence-corrected chi connectivity index (χ0v) is 12.9. The van der Waals surface area contributed by atoms with Gasteiger partial charge in [-0.2, -0.15) is 0 Å². The Kier molecular flexibility index (Phi) is 6.99. The lowest BCUT2D eigenvalue weighted by Gasteiger charge is -2.28. The molecule has 0 aromatic heterocycles. The number of carbonyl (C=O) groups is 2. The first-order valence-corrected chi connectivity index (χ1v) is 7.60. The van der Waals surface area contributed by atoms with Crippen LogP contribution >= 0.6 is 0 Å². The number of hydrogen-bond donors (Lipinski definition) is 2. The molecule has 0 aliphatic heterocycles. The van der Waals surface area contributed by atoms with Gasteiger partial charge in [0.15, 0.2) is 0 Å². The van der Waals surface area contributed by atoms with Gasteiger partial charge in [-0.25, -0.2) is 0 Å². The van der Waals surface area contributed by atoms with Crippen LogP contribution in [0, 0.1) is 11.8 Å². The standard InChI is InChI=1S/C15H28N2O3/c1-11(2)8-17(10-15(19)20)9-14(18)16-13-6-4-12(3)5-7-13/h11-13H,4-10H2,1-3H3,(H,16,18)(H,19,20). The van der Waals surface area contributed by atoms with Crippen molar-refractivity contribution in [3.8, 4) is 0 Å². The second kappa shape index (κ2) is 8.25. The third-order valence-electron chi connectivity index (χ3n) is 3.73. The average Bonchev–Trinajstić information content (AvgIpc) is 2.30. The highest BCUT2D eigenvalue weighted by Gasteiger charge is 2.21. The topological polar surface area (TPSA) is 69.6 Å². The van der Waals surface area contributed by atoms with Crippen molar-refractivity contribution in [2.75, 3.05) is 19.6 Å². The van der Waals surface area contributed by atoms with E-state index in [2.05, 4.69) is 12.2 Å². The van der Waals surface area contributed by atoms with Crippen LogP contribution in [0.15, 0.2) is 0 Å². The van der Waals surface area contributed by atoms with Crippen LogP contribution in [-0.2, 0) is 9.59 Å². The lowest BCUT2D eigenvalue weighted by molar-refractivity contribution is -0.138.